The van der Waals surface area contributed by atoms with Crippen molar-refractivity contribution in [2.24, 2.45) is 0 Å². The van der Waals surface area contributed by atoms with E-state index in [9.17, 15) is 4.79 Å². The van der Waals surface area contributed by atoms with E-state index in [1.54, 1.807) is 4.90 Å². The molecule has 76 valence electrons. The van der Waals surface area contributed by atoms with Crippen LogP contribution in [0.15, 0.2) is 12.7 Å². The van der Waals surface area contributed by atoms with Gasteiger partial charge in [-0.25, -0.2) is 6.57 Å². The summed E-state index contributed by atoms with van der Waals surface area (Å²) in [5.74, 6) is -0.0632. The molecule has 1 rings (SSSR count). The molecule has 0 aliphatic carbocycles. The SMILES string of the molecule is [C-]#[N+]CC1CN(C)CCN1C(=O)C=C. The maximum atomic E-state index is 11.4. The minimum atomic E-state index is -0.0632. The van der Waals surface area contributed by atoms with Crippen LogP contribution in [0.25, 0.3) is 4.85 Å². The average Bonchev–Trinajstić information content (AvgIpc) is 2.17. The molecule has 0 saturated carbocycles. The van der Waals surface area contributed by atoms with Gasteiger partial charge in [-0.15, -0.1) is 0 Å². The molecule has 1 unspecified atom stereocenters. The summed E-state index contributed by atoms with van der Waals surface area (Å²) in [6.45, 7) is 13.0. The Morgan fingerprint density at radius 2 is 2.43 bits per heavy atom. The highest BCUT2D eigenvalue weighted by molar-refractivity contribution is 5.87. The van der Waals surface area contributed by atoms with E-state index in [4.69, 9.17) is 6.57 Å². The molecule has 1 heterocycles. The minimum absolute atomic E-state index is 0.0248. The Balaban J connectivity index is 2.67. The second-order valence-electron chi connectivity index (χ2n) is 3.49. The van der Waals surface area contributed by atoms with E-state index < -0.39 is 0 Å². The van der Waals surface area contributed by atoms with Gasteiger partial charge in [0, 0.05) is 19.6 Å². The predicted molar refractivity (Wildman–Crippen MR) is 54.7 cm³/mol. The summed E-state index contributed by atoms with van der Waals surface area (Å²) in [5, 5.41) is 0. The highest BCUT2D eigenvalue weighted by Crippen LogP contribution is 2.09. The summed E-state index contributed by atoms with van der Waals surface area (Å²) in [5.41, 5.74) is 0. The van der Waals surface area contributed by atoms with Gasteiger partial charge in [0.25, 0.3) is 0 Å². The lowest BCUT2D eigenvalue weighted by atomic mass is 10.1. The van der Waals surface area contributed by atoms with Crippen molar-refractivity contribution in [3.8, 4) is 0 Å². The van der Waals surface area contributed by atoms with Crippen molar-refractivity contribution in [2.45, 2.75) is 6.04 Å². The first-order valence-electron chi connectivity index (χ1n) is 4.64. The number of amides is 1. The molecule has 1 aliphatic heterocycles. The zero-order chi connectivity index (χ0) is 10.6. The van der Waals surface area contributed by atoms with Crippen molar-refractivity contribution in [3.63, 3.8) is 0 Å². The molecule has 0 aromatic rings. The lowest BCUT2D eigenvalue weighted by molar-refractivity contribution is -0.130. The van der Waals surface area contributed by atoms with Crippen LogP contribution in [0.5, 0.6) is 0 Å². The van der Waals surface area contributed by atoms with E-state index in [1.807, 2.05) is 7.05 Å². The maximum Gasteiger partial charge on any atom is 0.246 e. The Morgan fingerprint density at radius 1 is 1.71 bits per heavy atom. The van der Waals surface area contributed by atoms with E-state index in [0.29, 0.717) is 13.1 Å². The second-order valence-corrected chi connectivity index (χ2v) is 3.49. The van der Waals surface area contributed by atoms with E-state index >= 15 is 0 Å². The standard InChI is InChI=1S/C10H15N3O/c1-4-10(14)13-6-5-12(3)8-9(13)7-11-2/h4,9H,1,5-8H2,3H3. The van der Waals surface area contributed by atoms with Gasteiger partial charge in [-0.1, -0.05) is 6.58 Å². The Hall–Kier alpha value is -1.34. The molecule has 1 atom stereocenters. The topological polar surface area (TPSA) is 27.9 Å². The van der Waals surface area contributed by atoms with Gasteiger partial charge in [-0.2, -0.15) is 0 Å². The highest BCUT2D eigenvalue weighted by atomic mass is 16.2. The monoisotopic (exact) mass is 193 g/mol. The number of carbonyl (C=O) groups excluding carboxylic acids is 1. The first-order chi connectivity index (χ1) is 6.69. The zero-order valence-corrected chi connectivity index (χ0v) is 8.44. The highest BCUT2D eigenvalue weighted by Gasteiger charge is 2.29. The van der Waals surface area contributed by atoms with Crippen molar-refractivity contribution < 1.29 is 4.79 Å². The normalized spacial score (nSPS) is 22.9. The van der Waals surface area contributed by atoms with E-state index in [2.05, 4.69) is 16.3 Å². The fourth-order valence-electron chi connectivity index (χ4n) is 1.68. The van der Waals surface area contributed by atoms with Crippen LogP contribution in [0.2, 0.25) is 0 Å². The molecule has 1 amide bonds. The second kappa shape index (κ2) is 4.77. The third-order valence-electron chi connectivity index (χ3n) is 2.45. The molecule has 0 aromatic carbocycles. The molecule has 0 radical (unpaired) electrons. The van der Waals surface area contributed by atoms with Gasteiger partial charge in [-0.3, -0.25) is 4.79 Å². The number of likely N-dealkylation sites (N-methyl/N-ethyl adjacent to an activating group) is 1. The van der Waals surface area contributed by atoms with Crippen LogP contribution in [-0.2, 0) is 4.79 Å². The van der Waals surface area contributed by atoms with Crippen LogP contribution >= 0.6 is 0 Å². The van der Waals surface area contributed by atoms with Gasteiger partial charge < -0.3 is 14.6 Å². The molecule has 0 aromatic heterocycles. The van der Waals surface area contributed by atoms with E-state index in [0.717, 1.165) is 13.1 Å². The van der Waals surface area contributed by atoms with Crippen LogP contribution in [-0.4, -0.2) is 55.0 Å². The average molecular weight is 193 g/mol. The van der Waals surface area contributed by atoms with Crippen LogP contribution in [0.4, 0.5) is 0 Å². The third kappa shape index (κ3) is 2.33. The molecule has 0 spiro atoms. The van der Waals surface area contributed by atoms with Crippen LogP contribution in [0, 0.1) is 6.57 Å². The molecular weight excluding hydrogens is 178 g/mol. The summed E-state index contributed by atoms with van der Waals surface area (Å²) < 4.78 is 0. The molecule has 14 heavy (non-hydrogen) atoms. The number of hydrogen-bond donors (Lipinski definition) is 0. The van der Waals surface area contributed by atoms with E-state index in [1.165, 1.54) is 6.08 Å². The summed E-state index contributed by atoms with van der Waals surface area (Å²) in [6.07, 6.45) is 1.32. The fraction of sp³-hybridized carbons (Fsp3) is 0.600. The van der Waals surface area contributed by atoms with Crippen LogP contribution in [0.3, 0.4) is 0 Å². The van der Waals surface area contributed by atoms with Crippen molar-refractivity contribution >= 4 is 5.91 Å². The summed E-state index contributed by atoms with van der Waals surface area (Å²) in [7, 11) is 2.01. The van der Waals surface area contributed by atoms with Crippen molar-refractivity contribution in [2.75, 3.05) is 33.2 Å². The van der Waals surface area contributed by atoms with Crippen molar-refractivity contribution in [3.05, 3.63) is 24.1 Å². The smallest absolute Gasteiger partial charge is 0.246 e. The third-order valence-corrected chi connectivity index (χ3v) is 2.45. The molecule has 4 nitrogen and oxygen atoms in total. The Bertz CT molecular complexity index is 269. The first kappa shape index (κ1) is 10.7. The lowest BCUT2D eigenvalue weighted by Crippen LogP contribution is -2.54. The molecule has 1 aliphatic rings. The van der Waals surface area contributed by atoms with Gasteiger partial charge in [0.15, 0.2) is 0 Å². The fourth-order valence-corrected chi connectivity index (χ4v) is 1.68. The Kier molecular flexibility index (Phi) is 3.66. The van der Waals surface area contributed by atoms with Gasteiger partial charge in [-0.05, 0) is 13.1 Å². The lowest BCUT2D eigenvalue weighted by Gasteiger charge is -2.36. The Labute approximate surface area is 84.6 Å². The molecule has 0 N–H and O–H groups in total. The number of carbonyl (C=O) groups is 1. The van der Waals surface area contributed by atoms with Gasteiger partial charge in [0.1, 0.15) is 6.04 Å². The summed E-state index contributed by atoms with van der Waals surface area (Å²) in [6, 6.07) is 0.0248. The molecular formula is C10H15N3O. The number of piperazine rings is 1. The molecule has 1 fully saturated rings. The molecule has 0 bridgehead atoms. The number of hydrogen-bond acceptors (Lipinski definition) is 2. The van der Waals surface area contributed by atoms with E-state index in [-0.39, 0.29) is 11.9 Å². The summed E-state index contributed by atoms with van der Waals surface area (Å²) in [4.78, 5) is 18.7. The van der Waals surface area contributed by atoms with Crippen LogP contribution in [0.1, 0.15) is 0 Å². The first-order valence-corrected chi connectivity index (χ1v) is 4.64. The van der Waals surface area contributed by atoms with Gasteiger partial charge >= 0.3 is 0 Å². The van der Waals surface area contributed by atoms with Gasteiger partial charge in [0.05, 0.1) is 0 Å². The quantitative estimate of drug-likeness (QED) is 0.464. The minimum Gasteiger partial charge on any atom is -0.326 e. The zero-order valence-electron chi connectivity index (χ0n) is 8.44. The number of nitrogens with zero attached hydrogens (tertiary/aromatic N) is 3. The summed E-state index contributed by atoms with van der Waals surface area (Å²) >= 11 is 0. The van der Waals surface area contributed by atoms with Crippen molar-refractivity contribution in [1.82, 2.24) is 9.80 Å². The van der Waals surface area contributed by atoms with Crippen LogP contribution < -0.4 is 0 Å². The van der Waals surface area contributed by atoms with Crippen molar-refractivity contribution in [1.29, 1.82) is 0 Å². The number of rotatable bonds is 2. The largest absolute Gasteiger partial charge is 0.326 e. The molecule has 1 saturated heterocycles. The predicted octanol–water partition coefficient (Wildman–Crippen LogP) is 0.234. The van der Waals surface area contributed by atoms with Gasteiger partial charge in [0.2, 0.25) is 12.5 Å². The maximum absolute atomic E-state index is 11.4. The Morgan fingerprint density at radius 3 is 3.00 bits per heavy atom. The molecule has 4 heteroatoms.